The van der Waals surface area contributed by atoms with Gasteiger partial charge in [0.25, 0.3) is 0 Å². The van der Waals surface area contributed by atoms with Crippen LogP contribution in [0.15, 0.2) is 42.5 Å². The van der Waals surface area contributed by atoms with E-state index in [4.69, 9.17) is 11.1 Å². The molecule has 1 unspecified atom stereocenters. The van der Waals surface area contributed by atoms with Gasteiger partial charge in [0, 0.05) is 36.4 Å². The third-order valence-electron chi connectivity index (χ3n) is 6.24. The number of halogens is 1. The lowest BCUT2D eigenvalue weighted by molar-refractivity contribution is -0.138. The Morgan fingerprint density at radius 1 is 1.09 bits per heavy atom. The van der Waals surface area contributed by atoms with E-state index in [9.17, 15) is 14.7 Å². The lowest BCUT2D eigenvalue weighted by Gasteiger charge is -2.32. The van der Waals surface area contributed by atoms with Crippen molar-refractivity contribution in [2.24, 2.45) is 5.73 Å². The quantitative estimate of drug-likeness (QED) is 0.456. The van der Waals surface area contributed by atoms with Gasteiger partial charge in [0.15, 0.2) is 0 Å². The summed E-state index contributed by atoms with van der Waals surface area (Å²) < 4.78 is 0. The summed E-state index contributed by atoms with van der Waals surface area (Å²) in [6.45, 7) is 1.46. The second-order valence-electron chi connectivity index (χ2n) is 8.26. The Kier molecular flexibility index (Phi) is 7.40. The van der Waals surface area contributed by atoms with Crippen molar-refractivity contribution >= 4 is 41.5 Å². The van der Waals surface area contributed by atoms with Crippen molar-refractivity contribution in [2.75, 3.05) is 22.9 Å². The topological polar surface area (TPSA) is 111 Å². The van der Waals surface area contributed by atoms with Crippen molar-refractivity contribution in [3.05, 3.63) is 59.2 Å². The molecule has 2 heterocycles. The highest BCUT2D eigenvalue weighted by molar-refractivity contribution is 5.96. The minimum atomic E-state index is -0.775. The maximum atomic E-state index is 13.0. The van der Waals surface area contributed by atoms with Crippen LogP contribution in [0.3, 0.4) is 0 Å². The maximum absolute atomic E-state index is 13.0. The number of carbonyl (C=O) groups is 2. The van der Waals surface area contributed by atoms with Crippen LogP contribution in [0.1, 0.15) is 42.4 Å². The predicted octanol–water partition coefficient (Wildman–Crippen LogP) is 3.36. The van der Waals surface area contributed by atoms with Crippen LogP contribution < -0.4 is 15.5 Å². The maximum Gasteiger partial charge on any atom is 0.326 e. The lowest BCUT2D eigenvalue weighted by Crippen LogP contribution is -2.37. The van der Waals surface area contributed by atoms with Crippen molar-refractivity contribution in [1.29, 1.82) is 5.41 Å². The fraction of sp³-hybridized carbons (Fsp3) is 0.375. The molecule has 0 radical (unpaired) electrons. The molecular formula is C24H29ClN4O3. The number of anilines is 2. The molecule has 32 heavy (non-hydrogen) atoms. The van der Waals surface area contributed by atoms with Gasteiger partial charge in [0.2, 0.25) is 5.91 Å². The standard InChI is InChI=1S/C24H28N4O3.ClH/c25-23(26)17-8-5-16(6-9-17)7-12-22(29)28-14-1-3-18-15-19(10-11-20(18)28)27-13-2-4-21(27)24(30)31;/h5-6,8-11,15,21H,1-4,7,12-14H2,(H3,25,26)(H,30,31);1H. The molecule has 170 valence electrons. The molecule has 1 atom stereocenters. The van der Waals surface area contributed by atoms with Crippen molar-refractivity contribution in [1.82, 2.24) is 0 Å². The van der Waals surface area contributed by atoms with Crippen molar-refractivity contribution < 1.29 is 14.7 Å². The van der Waals surface area contributed by atoms with Gasteiger partial charge in [0.1, 0.15) is 11.9 Å². The summed E-state index contributed by atoms with van der Waals surface area (Å²) in [6, 6.07) is 13.0. The van der Waals surface area contributed by atoms with E-state index in [0.717, 1.165) is 48.3 Å². The number of fused-ring (bicyclic) bond motifs is 1. The van der Waals surface area contributed by atoms with Gasteiger partial charge in [-0.2, -0.15) is 0 Å². The number of nitrogens with one attached hydrogen (secondary N) is 1. The van der Waals surface area contributed by atoms with E-state index in [0.29, 0.717) is 31.4 Å². The normalized spacial score (nSPS) is 17.4. The Labute approximate surface area is 194 Å². The number of nitrogens with two attached hydrogens (primary N) is 1. The Morgan fingerprint density at radius 2 is 1.84 bits per heavy atom. The van der Waals surface area contributed by atoms with Gasteiger partial charge < -0.3 is 20.6 Å². The highest BCUT2D eigenvalue weighted by Gasteiger charge is 2.31. The molecule has 0 aliphatic carbocycles. The first-order valence-corrected chi connectivity index (χ1v) is 10.8. The molecule has 4 rings (SSSR count). The second kappa shape index (κ2) is 10.0. The van der Waals surface area contributed by atoms with Crippen LogP contribution in [0.2, 0.25) is 0 Å². The fourth-order valence-electron chi connectivity index (χ4n) is 4.59. The van der Waals surface area contributed by atoms with E-state index >= 15 is 0 Å². The highest BCUT2D eigenvalue weighted by atomic mass is 35.5. The molecule has 0 aromatic heterocycles. The molecule has 4 N–H and O–H groups in total. The van der Waals surface area contributed by atoms with Gasteiger partial charge in [-0.3, -0.25) is 10.2 Å². The zero-order valence-electron chi connectivity index (χ0n) is 17.9. The molecule has 1 amide bonds. The first-order valence-electron chi connectivity index (χ1n) is 10.8. The number of rotatable bonds is 6. The van der Waals surface area contributed by atoms with E-state index in [1.54, 1.807) is 0 Å². The van der Waals surface area contributed by atoms with Crippen LogP contribution in [0.25, 0.3) is 0 Å². The van der Waals surface area contributed by atoms with Crippen LogP contribution in [-0.4, -0.2) is 41.9 Å². The van der Waals surface area contributed by atoms with Gasteiger partial charge in [-0.05, 0) is 61.4 Å². The number of hydrogen-bond donors (Lipinski definition) is 3. The molecular weight excluding hydrogens is 428 g/mol. The zero-order chi connectivity index (χ0) is 22.0. The van der Waals surface area contributed by atoms with Gasteiger partial charge in [-0.25, -0.2) is 4.79 Å². The Hall–Kier alpha value is -3.06. The van der Waals surface area contributed by atoms with Gasteiger partial charge in [-0.15, -0.1) is 12.4 Å². The third kappa shape index (κ3) is 4.88. The molecule has 1 saturated heterocycles. The minimum absolute atomic E-state index is 0. The molecule has 2 aromatic rings. The summed E-state index contributed by atoms with van der Waals surface area (Å²) in [5, 5.41) is 16.9. The Morgan fingerprint density at radius 3 is 2.53 bits per heavy atom. The first kappa shape index (κ1) is 23.6. The summed E-state index contributed by atoms with van der Waals surface area (Å²) in [5.41, 5.74) is 10.2. The minimum Gasteiger partial charge on any atom is -0.480 e. The molecule has 0 saturated carbocycles. The summed E-state index contributed by atoms with van der Waals surface area (Å²) >= 11 is 0. The van der Waals surface area contributed by atoms with Gasteiger partial charge >= 0.3 is 5.97 Å². The van der Waals surface area contributed by atoms with Crippen LogP contribution in [0.5, 0.6) is 0 Å². The van der Waals surface area contributed by atoms with Crippen molar-refractivity contribution in [3.8, 4) is 0 Å². The average molecular weight is 457 g/mol. The molecule has 8 heteroatoms. The van der Waals surface area contributed by atoms with Crippen LogP contribution in [0, 0.1) is 5.41 Å². The molecule has 7 nitrogen and oxygen atoms in total. The number of aryl methyl sites for hydroxylation is 2. The first-order chi connectivity index (χ1) is 14.9. The smallest absolute Gasteiger partial charge is 0.326 e. The number of benzene rings is 2. The van der Waals surface area contributed by atoms with Crippen LogP contribution in [-0.2, 0) is 22.4 Å². The highest BCUT2D eigenvalue weighted by Crippen LogP contribution is 2.34. The van der Waals surface area contributed by atoms with Crippen LogP contribution in [0.4, 0.5) is 11.4 Å². The number of amidine groups is 1. The van der Waals surface area contributed by atoms with E-state index in [1.807, 2.05) is 46.2 Å². The third-order valence-corrected chi connectivity index (χ3v) is 6.24. The van der Waals surface area contributed by atoms with Crippen LogP contribution >= 0.6 is 12.4 Å². The largest absolute Gasteiger partial charge is 0.480 e. The van der Waals surface area contributed by atoms with E-state index < -0.39 is 12.0 Å². The molecule has 0 bridgehead atoms. The number of carbonyl (C=O) groups excluding carboxylic acids is 1. The fourth-order valence-corrected chi connectivity index (χ4v) is 4.59. The lowest BCUT2D eigenvalue weighted by atomic mass is 9.99. The molecule has 0 spiro atoms. The van der Waals surface area contributed by atoms with Crippen molar-refractivity contribution in [2.45, 2.75) is 44.6 Å². The summed E-state index contributed by atoms with van der Waals surface area (Å²) in [6.07, 6.45) is 4.39. The second-order valence-corrected chi connectivity index (χ2v) is 8.26. The molecule has 2 aliphatic rings. The Bertz CT molecular complexity index is 1010. The number of carboxylic acids is 1. The monoisotopic (exact) mass is 456 g/mol. The molecule has 2 aliphatic heterocycles. The number of nitrogens with zero attached hydrogens (tertiary/aromatic N) is 2. The van der Waals surface area contributed by atoms with E-state index in [2.05, 4.69) is 6.07 Å². The number of hydrogen-bond acceptors (Lipinski definition) is 4. The Balaban J connectivity index is 0.00000289. The molecule has 1 fully saturated rings. The summed E-state index contributed by atoms with van der Waals surface area (Å²) in [4.78, 5) is 28.4. The van der Waals surface area contributed by atoms with Crippen molar-refractivity contribution in [3.63, 3.8) is 0 Å². The SMILES string of the molecule is Cl.N=C(N)c1ccc(CCC(=O)N2CCCc3cc(N4CCCC4C(=O)O)ccc32)cc1. The number of amides is 1. The van der Waals surface area contributed by atoms with Gasteiger partial charge in [0.05, 0.1) is 0 Å². The zero-order valence-corrected chi connectivity index (χ0v) is 18.7. The number of carboxylic acid groups (broad SMARTS) is 1. The summed E-state index contributed by atoms with van der Waals surface area (Å²) in [7, 11) is 0. The van der Waals surface area contributed by atoms with E-state index in [-0.39, 0.29) is 24.1 Å². The number of nitrogen functional groups attached to an aromatic ring is 1. The van der Waals surface area contributed by atoms with Gasteiger partial charge in [-0.1, -0.05) is 24.3 Å². The predicted molar refractivity (Wildman–Crippen MR) is 128 cm³/mol. The molecule has 2 aromatic carbocycles. The average Bonchev–Trinajstić information content (AvgIpc) is 3.27. The summed E-state index contributed by atoms with van der Waals surface area (Å²) in [5.74, 6) is -0.646. The van der Waals surface area contributed by atoms with E-state index in [1.165, 1.54) is 0 Å². The number of aliphatic carboxylic acids is 1.